The average molecular weight is 312 g/mol. The monoisotopic (exact) mass is 312 g/mol. The Morgan fingerprint density at radius 2 is 2.22 bits per heavy atom. The molecule has 3 rings (SSSR count). The van der Waals surface area contributed by atoms with E-state index in [0.29, 0.717) is 19.6 Å². The van der Waals surface area contributed by atoms with Crippen molar-refractivity contribution in [2.45, 2.75) is 39.0 Å². The van der Waals surface area contributed by atoms with E-state index in [1.165, 1.54) is 5.56 Å². The fraction of sp³-hybridized carbons (Fsp3) is 0.421. The van der Waals surface area contributed by atoms with Crippen molar-refractivity contribution in [1.29, 1.82) is 0 Å². The van der Waals surface area contributed by atoms with Crippen LogP contribution in [0.15, 0.2) is 41.7 Å². The number of rotatable bonds is 4. The molecule has 0 bridgehead atoms. The zero-order chi connectivity index (χ0) is 16.4. The standard InChI is InChI=1S/C19H24N2O2/c1-3-8-21-18-7-6-14(2)10-15(18)11-16(19(21)23)12-20-9-4-5-17(22)13-20/h3,6-7,10-11,17,22H,1,4-5,8-9,12-13H2,2H3. The molecule has 1 aromatic heterocycles. The molecule has 1 aromatic carbocycles. The Labute approximate surface area is 136 Å². The topological polar surface area (TPSA) is 45.5 Å². The molecule has 4 nitrogen and oxygen atoms in total. The highest BCUT2D eigenvalue weighted by molar-refractivity contribution is 5.80. The minimum atomic E-state index is -0.276. The first-order valence-electron chi connectivity index (χ1n) is 8.23. The summed E-state index contributed by atoms with van der Waals surface area (Å²) in [5.74, 6) is 0. The van der Waals surface area contributed by atoms with Crippen molar-refractivity contribution in [2.75, 3.05) is 13.1 Å². The van der Waals surface area contributed by atoms with Crippen molar-refractivity contribution in [3.8, 4) is 0 Å². The smallest absolute Gasteiger partial charge is 0.255 e. The number of allylic oxidation sites excluding steroid dienone is 1. The van der Waals surface area contributed by atoms with Crippen LogP contribution in [-0.2, 0) is 13.1 Å². The number of β-amino-alcohol motifs (C(OH)–C–C–N with tert-alkyl or cyclic N) is 1. The van der Waals surface area contributed by atoms with Gasteiger partial charge in [0.2, 0.25) is 0 Å². The second kappa shape index (κ2) is 6.69. The Kier molecular flexibility index (Phi) is 4.64. The molecule has 1 aliphatic rings. The minimum Gasteiger partial charge on any atom is -0.392 e. The molecule has 0 amide bonds. The zero-order valence-electron chi connectivity index (χ0n) is 13.7. The van der Waals surface area contributed by atoms with E-state index in [1.807, 2.05) is 18.2 Å². The second-order valence-electron chi connectivity index (χ2n) is 6.47. The molecule has 1 aliphatic heterocycles. The third-order valence-electron chi connectivity index (χ3n) is 4.51. The maximum atomic E-state index is 12.8. The van der Waals surface area contributed by atoms with E-state index in [0.717, 1.165) is 35.9 Å². The molecule has 1 unspecified atom stereocenters. The molecule has 1 fully saturated rings. The normalized spacial score (nSPS) is 19.1. The van der Waals surface area contributed by atoms with Crippen LogP contribution >= 0.6 is 0 Å². The van der Waals surface area contributed by atoms with Gasteiger partial charge in [-0.2, -0.15) is 0 Å². The molecule has 0 spiro atoms. The first-order valence-corrected chi connectivity index (χ1v) is 8.23. The summed E-state index contributed by atoms with van der Waals surface area (Å²) < 4.78 is 1.79. The van der Waals surface area contributed by atoms with Gasteiger partial charge in [0.1, 0.15) is 0 Å². The van der Waals surface area contributed by atoms with E-state index >= 15 is 0 Å². The van der Waals surface area contributed by atoms with Crippen molar-refractivity contribution < 1.29 is 5.11 Å². The largest absolute Gasteiger partial charge is 0.392 e. The van der Waals surface area contributed by atoms with Gasteiger partial charge in [-0.15, -0.1) is 6.58 Å². The van der Waals surface area contributed by atoms with E-state index in [2.05, 4.69) is 24.5 Å². The third kappa shape index (κ3) is 3.38. The lowest BCUT2D eigenvalue weighted by atomic mass is 10.1. The van der Waals surface area contributed by atoms with Gasteiger partial charge < -0.3 is 9.67 Å². The highest BCUT2D eigenvalue weighted by Gasteiger charge is 2.19. The van der Waals surface area contributed by atoms with Crippen molar-refractivity contribution in [3.05, 3.63) is 58.4 Å². The Bertz CT molecular complexity index is 779. The highest BCUT2D eigenvalue weighted by Crippen LogP contribution is 2.18. The highest BCUT2D eigenvalue weighted by atomic mass is 16.3. The average Bonchev–Trinajstić information content (AvgIpc) is 2.51. The second-order valence-corrected chi connectivity index (χ2v) is 6.47. The summed E-state index contributed by atoms with van der Waals surface area (Å²) in [6.45, 7) is 8.51. The van der Waals surface area contributed by atoms with Gasteiger partial charge in [0.25, 0.3) is 5.56 Å². The van der Waals surface area contributed by atoms with Crippen LogP contribution in [0.2, 0.25) is 0 Å². The summed E-state index contributed by atoms with van der Waals surface area (Å²) in [7, 11) is 0. The third-order valence-corrected chi connectivity index (χ3v) is 4.51. The van der Waals surface area contributed by atoms with E-state index in [1.54, 1.807) is 10.6 Å². The number of pyridine rings is 1. The van der Waals surface area contributed by atoms with Crippen molar-refractivity contribution in [3.63, 3.8) is 0 Å². The van der Waals surface area contributed by atoms with Gasteiger partial charge in [0.05, 0.1) is 11.6 Å². The van der Waals surface area contributed by atoms with Gasteiger partial charge in [-0.1, -0.05) is 17.7 Å². The van der Waals surface area contributed by atoms with E-state index in [9.17, 15) is 9.90 Å². The lowest BCUT2D eigenvalue weighted by Gasteiger charge is -2.30. The van der Waals surface area contributed by atoms with Gasteiger partial charge >= 0.3 is 0 Å². The Morgan fingerprint density at radius 3 is 2.96 bits per heavy atom. The fourth-order valence-corrected chi connectivity index (χ4v) is 3.41. The number of aliphatic hydroxyl groups excluding tert-OH is 1. The van der Waals surface area contributed by atoms with Crippen LogP contribution in [0, 0.1) is 6.92 Å². The molecule has 122 valence electrons. The molecule has 2 heterocycles. The number of aromatic nitrogens is 1. The zero-order valence-corrected chi connectivity index (χ0v) is 13.7. The summed E-state index contributed by atoms with van der Waals surface area (Å²) >= 11 is 0. The number of aliphatic hydroxyl groups is 1. The van der Waals surface area contributed by atoms with Gasteiger partial charge in [-0.25, -0.2) is 0 Å². The molecular formula is C19H24N2O2. The van der Waals surface area contributed by atoms with Gasteiger partial charge in [-0.3, -0.25) is 9.69 Å². The first-order chi connectivity index (χ1) is 11.1. The Morgan fingerprint density at radius 1 is 1.39 bits per heavy atom. The SMILES string of the molecule is C=CCn1c(=O)c(CN2CCCC(O)C2)cc2cc(C)ccc21. The molecule has 0 aliphatic carbocycles. The minimum absolute atomic E-state index is 0.0429. The lowest BCUT2D eigenvalue weighted by molar-refractivity contribution is 0.0666. The Hall–Kier alpha value is -1.91. The van der Waals surface area contributed by atoms with E-state index in [4.69, 9.17) is 0 Å². The molecule has 1 saturated heterocycles. The van der Waals surface area contributed by atoms with Gasteiger partial charge in [0, 0.05) is 25.2 Å². The Balaban J connectivity index is 2.03. The number of fused-ring (bicyclic) bond motifs is 1. The number of hydrogen-bond acceptors (Lipinski definition) is 3. The van der Waals surface area contributed by atoms with Gasteiger partial charge in [0.15, 0.2) is 0 Å². The summed E-state index contributed by atoms with van der Waals surface area (Å²) in [4.78, 5) is 15.0. The molecule has 2 aromatic rings. The number of hydrogen-bond donors (Lipinski definition) is 1. The molecule has 23 heavy (non-hydrogen) atoms. The number of likely N-dealkylation sites (tertiary alicyclic amines) is 1. The van der Waals surface area contributed by atoms with Crippen LogP contribution in [0.5, 0.6) is 0 Å². The maximum absolute atomic E-state index is 12.8. The molecule has 4 heteroatoms. The van der Waals surface area contributed by atoms with E-state index in [-0.39, 0.29) is 11.7 Å². The van der Waals surface area contributed by atoms with Crippen molar-refractivity contribution in [2.24, 2.45) is 0 Å². The quantitative estimate of drug-likeness (QED) is 0.882. The van der Waals surface area contributed by atoms with Crippen LogP contribution in [0.25, 0.3) is 10.9 Å². The van der Waals surface area contributed by atoms with Crippen LogP contribution in [-0.4, -0.2) is 33.8 Å². The predicted octanol–water partition coefficient (Wildman–Crippen LogP) is 2.45. The molecule has 1 atom stereocenters. The fourth-order valence-electron chi connectivity index (χ4n) is 3.41. The lowest BCUT2D eigenvalue weighted by Crippen LogP contribution is -2.39. The van der Waals surface area contributed by atoms with Crippen LogP contribution in [0.4, 0.5) is 0 Å². The number of nitrogens with zero attached hydrogens (tertiary/aromatic N) is 2. The number of aryl methyl sites for hydroxylation is 1. The first kappa shape index (κ1) is 16.0. The van der Waals surface area contributed by atoms with Crippen molar-refractivity contribution >= 4 is 10.9 Å². The molecule has 0 saturated carbocycles. The van der Waals surface area contributed by atoms with Gasteiger partial charge in [-0.05, 0) is 49.9 Å². The summed E-state index contributed by atoms with van der Waals surface area (Å²) in [6.07, 6.45) is 3.32. The maximum Gasteiger partial charge on any atom is 0.255 e. The summed E-state index contributed by atoms with van der Waals surface area (Å²) in [6, 6.07) is 8.15. The molecular weight excluding hydrogens is 288 g/mol. The summed E-state index contributed by atoms with van der Waals surface area (Å²) in [5, 5.41) is 10.9. The number of benzene rings is 1. The number of piperidine rings is 1. The van der Waals surface area contributed by atoms with E-state index < -0.39 is 0 Å². The van der Waals surface area contributed by atoms with Crippen LogP contribution in [0.1, 0.15) is 24.0 Å². The molecule has 0 radical (unpaired) electrons. The van der Waals surface area contributed by atoms with Crippen LogP contribution < -0.4 is 5.56 Å². The molecule has 1 N–H and O–H groups in total. The summed E-state index contributed by atoms with van der Waals surface area (Å²) in [5.41, 5.74) is 2.96. The van der Waals surface area contributed by atoms with Crippen LogP contribution in [0.3, 0.4) is 0 Å². The predicted molar refractivity (Wildman–Crippen MR) is 93.7 cm³/mol. The van der Waals surface area contributed by atoms with Crippen molar-refractivity contribution in [1.82, 2.24) is 9.47 Å².